The largest absolute Gasteiger partial charge is 0.381 e. The van der Waals surface area contributed by atoms with E-state index in [1.165, 1.54) is 57.8 Å². The van der Waals surface area contributed by atoms with Gasteiger partial charge in [0.05, 0.1) is 11.7 Å². The Morgan fingerprint density at radius 3 is 2.68 bits per heavy atom. The van der Waals surface area contributed by atoms with E-state index in [1.54, 1.807) is 5.57 Å². The molecule has 0 radical (unpaired) electrons. The van der Waals surface area contributed by atoms with Gasteiger partial charge in [-0.25, -0.2) is 0 Å². The first-order chi connectivity index (χ1) is 10.6. The van der Waals surface area contributed by atoms with E-state index in [1.807, 2.05) is 0 Å². The van der Waals surface area contributed by atoms with Crippen molar-refractivity contribution in [2.45, 2.75) is 96.7 Å². The Balaban J connectivity index is 1.80. The molecular formula is C20H36O2. The van der Waals surface area contributed by atoms with E-state index in [0.29, 0.717) is 6.10 Å². The number of epoxide rings is 1. The summed E-state index contributed by atoms with van der Waals surface area (Å²) in [6, 6.07) is 0. The SMILES string of the molecule is CC/C=C1/CCCOCCC2OC2(C)CCCC(C)CCC1. The van der Waals surface area contributed by atoms with Crippen LogP contribution in [-0.4, -0.2) is 24.9 Å². The van der Waals surface area contributed by atoms with Crippen molar-refractivity contribution in [3.8, 4) is 0 Å². The van der Waals surface area contributed by atoms with Crippen molar-refractivity contribution in [3.63, 3.8) is 0 Å². The Morgan fingerprint density at radius 1 is 1.09 bits per heavy atom. The molecule has 0 bridgehead atoms. The van der Waals surface area contributed by atoms with Gasteiger partial charge in [0.1, 0.15) is 0 Å². The number of hydrogen-bond acceptors (Lipinski definition) is 2. The third-order valence-corrected chi connectivity index (χ3v) is 5.40. The fraction of sp³-hybridized carbons (Fsp3) is 0.900. The van der Waals surface area contributed by atoms with Crippen LogP contribution in [0, 0.1) is 5.92 Å². The van der Waals surface area contributed by atoms with Crippen molar-refractivity contribution in [2.75, 3.05) is 13.2 Å². The zero-order valence-corrected chi connectivity index (χ0v) is 15.0. The van der Waals surface area contributed by atoms with Crippen LogP contribution in [0.15, 0.2) is 11.6 Å². The predicted octanol–water partition coefficient (Wildman–Crippen LogP) is 5.66. The Hall–Kier alpha value is -0.340. The maximum absolute atomic E-state index is 5.93. The molecule has 2 rings (SSSR count). The molecule has 2 heterocycles. The van der Waals surface area contributed by atoms with E-state index in [2.05, 4.69) is 26.8 Å². The molecule has 0 amide bonds. The Morgan fingerprint density at radius 2 is 1.86 bits per heavy atom. The minimum absolute atomic E-state index is 0.164. The lowest BCUT2D eigenvalue weighted by Crippen LogP contribution is -2.12. The molecule has 0 N–H and O–H groups in total. The molecule has 128 valence electrons. The molecule has 2 aliphatic rings. The molecule has 2 saturated heterocycles. The third-order valence-electron chi connectivity index (χ3n) is 5.40. The Labute approximate surface area is 137 Å². The molecule has 2 fully saturated rings. The van der Waals surface area contributed by atoms with Crippen molar-refractivity contribution in [1.29, 1.82) is 0 Å². The van der Waals surface area contributed by atoms with Crippen LogP contribution in [0.5, 0.6) is 0 Å². The first-order valence-electron chi connectivity index (χ1n) is 9.57. The summed E-state index contributed by atoms with van der Waals surface area (Å²) in [4.78, 5) is 0. The van der Waals surface area contributed by atoms with Gasteiger partial charge in [0, 0.05) is 13.2 Å². The maximum atomic E-state index is 5.93. The molecule has 0 aromatic carbocycles. The van der Waals surface area contributed by atoms with Crippen LogP contribution in [0.2, 0.25) is 0 Å². The standard InChI is InChI=1S/C20H36O2/c1-4-8-18-11-5-9-17(2)10-6-14-20(3)19(22-20)13-16-21-15-7-12-18/h8,17,19H,4-7,9-16H2,1-3H3/b18-8+. The van der Waals surface area contributed by atoms with E-state index < -0.39 is 0 Å². The van der Waals surface area contributed by atoms with Crippen molar-refractivity contribution in [3.05, 3.63) is 11.6 Å². The number of ether oxygens (including phenoxy) is 2. The topological polar surface area (TPSA) is 21.8 Å². The second-order valence-corrected chi connectivity index (χ2v) is 7.58. The quantitative estimate of drug-likeness (QED) is 0.460. The lowest BCUT2D eigenvalue weighted by atomic mass is 9.92. The average molecular weight is 309 g/mol. The molecule has 3 unspecified atom stereocenters. The third kappa shape index (κ3) is 6.04. The van der Waals surface area contributed by atoms with Gasteiger partial charge in [-0.15, -0.1) is 0 Å². The second kappa shape index (κ2) is 9.08. The number of rotatable bonds is 1. The van der Waals surface area contributed by atoms with Gasteiger partial charge in [-0.2, -0.15) is 0 Å². The highest BCUT2D eigenvalue weighted by atomic mass is 16.6. The van der Waals surface area contributed by atoms with Gasteiger partial charge in [0.25, 0.3) is 0 Å². The predicted molar refractivity (Wildman–Crippen MR) is 93.2 cm³/mol. The molecule has 2 aliphatic heterocycles. The van der Waals surface area contributed by atoms with Crippen LogP contribution in [0.25, 0.3) is 0 Å². The molecule has 2 heteroatoms. The van der Waals surface area contributed by atoms with Gasteiger partial charge in [-0.1, -0.05) is 44.8 Å². The Kier molecular flexibility index (Phi) is 7.43. The van der Waals surface area contributed by atoms with Crippen molar-refractivity contribution in [2.24, 2.45) is 5.92 Å². The lowest BCUT2D eigenvalue weighted by Gasteiger charge is -2.14. The van der Waals surface area contributed by atoms with Crippen molar-refractivity contribution in [1.82, 2.24) is 0 Å². The normalized spacial score (nSPS) is 37.7. The van der Waals surface area contributed by atoms with Gasteiger partial charge in [-0.3, -0.25) is 0 Å². The number of fused-ring (bicyclic) bond motifs is 1. The van der Waals surface area contributed by atoms with Crippen LogP contribution in [0.3, 0.4) is 0 Å². The van der Waals surface area contributed by atoms with E-state index in [0.717, 1.165) is 25.6 Å². The number of allylic oxidation sites excluding steroid dienone is 2. The summed E-state index contributed by atoms with van der Waals surface area (Å²) < 4.78 is 11.7. The molecule has 0 aromatic rings. The molecule has 3 atom stereocenters. The minimum atomic E-state index is 0.164. The van der Waals surface area contributed by atoms with E-state index in [-0.39, 0.29) is 5.60 Å². The van der Waals surface area contributed by atoms with Gasteiger partial charge >= 0.3 is 0 Å². The van der Waals surface area contributed by atoms with Gasteiger partial charge in [0.15, 0.2) is 0 Å². The van der Waals surface area contributed by atoms with Crippen molar-refractivity contribution >= 4 is 0 Å². The average Bonchev–Trinajstić information content (AvgIpc) is 3.12. The molecule has 0 aromatic heterocycles. The zero-order valence-electron chi connectivity index (χ0n) is 15.0. The summed E-state index contributed by atoms with van der Waals surface area (Å²) in [5.74, 6) is 0.861. The summed E-state index contributed by atoms with van der Waals surface area (Å²) in [6.45, 7) is 8.73. The summed E-state index contributed by atoms with van der Waals surface area (Å²) >= 11 is 0. The maximum Gasteiger partial charge on any atom is 0.0921 e. The summed E-state index contributed by atoms with van der Waals surface area (Å²) in [5.41, 5.74) is 1.82. The summed E-state index contributed by atoms with van der Waals surface area (Å²) in [6.07, 6.45) is 15.4. The first-order valence-corrected chi connectivity index (χ1v) is 9.57. The Bertz CT molecular complexity index is 350. The van der Waals surface area contributed by atoms with Gasteiger partial charge < -0.3 is 9.47 Å². The molecular weight excluding hydrogens is 272 g/mol. The van der Waals surface area contributed by atoms with Crippen LogP contribution >= 0.6 is 0 Å². The highest BCUT2D eigenvalue weighted by molar-refractivity contribution is 5.02. The monoisotopic (exact) mass is 308 g/mol. The van der Waals surface area contributed by atoms with E-state index in [9.17, 15) is 0 Å². The molecule has 0 spiro atoms. The highest BCUT2D eigenvalue weighted by Gasteiger charge is 2.50. The highest BCUT2D eigenvalue weighted by Crippen LogP contribution is 2.43. The summed E-state index contributed by atoms with van der Waals surface area (Å²) in [7, 11) is 0. The van der Waals surface area contributed by atoms with Crippen LogP contribution in [0.4, 0.5) is 0 Å². The molecule has 0 saturated carbocycles. The summed E-state index contributed by atoms with van der Waals surface area (Å²) in [5, 5.41) is 0. The zero-order chi connectivity index (χ0) is 15.8. The van der Waals surface area contributed by atoms with Gasteiger partial charge in [-0.05, 0) is 57.8 Å². The second-order valence-electron chi connectivity index (χ2n) is 7.58. The fourth-order valence-electron chi connectivity index (χ4n) is 3.81. The lowest BCUT2D eigenvalue weighted by molar-refractivity contribution is 0.123. The molecule has 0 aliphatic carbocycles. The van der Waals surface area contributed by atoms with E-state index in [4.69, 9.17) is 9.47 Å². The first kappa shape index (κ1) is 18.0. The molecule has 22 heavy (non-hydrogen) atoms. The molecule has 2 nitrogen and oxygen atoms in total. The smallest absolute Gasteiger partial charge is 0.0921 e. The number of hydrogen-bond donors (Lipinski definition) is 0. The fourth-order valence-corrected chi connectivity index (χ4v) is 3.81. The van der Waals surface area contributed by atoms with Crippen molar-refractivity contribution < 1.29 is 9.47 Å². The van der Waals surface area contributed by atoms with Crippen LogP contribution in [-0.2, 0) is 9.47 Å². The van der Waals surface area contributed by atoms with Crippen LogP contribution in [0.1, 0.15) is 85.0 Å². The van der Waals surface area contributed by atoms with Gasteiger partial charge in [0.2, 0.25) is 0 Å². The minimum Gasteiger partial charge on any atom is -0.381 e. The van der Waals surface area contributed by atoms with E-state index >= 15 is 0 Å². The van der Waals surface area contributed by atoms with Crippen LogP contribution < -0.4 is 0 Å².